The van der Waals surface area contributed by atoms with Crippen molar-refractivity contribution in [3.8, 4) is 0 Å². The number of carbonyl (C=O) groups is 1. The van der Waals surface area contributed by atoms with Crippen molar-refractivity contribution in [1.82, 2.24) is 5.32 Å². The monoisotopic (exact) mass is 428 g/mol. The highest BCUT2D eigenvalue weighted by Crippen LogP contribution is 2.24. The summed E-state index contributed by atoms with van der Waals surface area (Å²) in [7, 11) is -2.25. The van der Waals surface area contributed by atoms with Crippen molar-refractivity contribution in [2.24, 2.45) is 0 Å². The van der Waals surface area contributed by atoms with Crippen LogP contribution in [0.2, 0.25) is 5.02 Å². The Hall–Kier alpha value is -2.83. The molecule has 5 nitrogen and oxygen atoms in total. The second-order valence-corrected chi connectivity index (χ2v) is 8.98. The van der Waals surface area contributed by atoms with Crippen LogP contribution in [-0.2, 0) is 10.0 Å². The normalized spacial score (nSPS) is 12.2. The summed E-state index contributed by atoms with van der Waals surface area (Å²) in [5.41, 5.74) is 1.91. The maximum Gasteiger partial charge on any atom is 0.264 e. The summed E-state index contributed by atoms with van der Waals surface area (Å²) >= 11 is 5.83. The van der Waals surface area contributed by atoms with Crippen LogP contribution < -0.4 is 9.62 Å². The maximum absolute atomic E-state index is 12.8. The zero-order chi connectivity index (χ0) is 21.0. The van der Waals surface area contributed by atoms with Crippen LogP contribution in [0.4, 0.5) is 5.69 Å². The van der Waals surface area contributed by atoms with Crippen molar-refractivity contribution in [1.29, 1.82) is 0 Å². The van der Waals surface area contributed by atoms with Gasteiger partial charge in [-0.1, -0.05) is 41.9 Å². The fraction of sp³-hybridized carbons (Fsp3) is 0.136. The van der Waals surface area contributed by atoms with Gasteiger partial charge in [0.15, 0.2) is 0 Å². The maximum atomic E-state index is 12.8. The summed E-state index contributed by atoms with van der Waals surface area (Å²) in [5, 5.41) is 3.40. The van der Waals surface area contributed by atoms with Crippen molar-refractivity contribution in [3.63, 3.8) is 0 Å². The van der Waals surface area contributed by atoms with Crippen LogP contribution in [0.3, 0.4) is 0 Å². The Bertz CT molecular complexity index is 1080. The second kappa shape index (κ2) is 8.68. The average molecular weight is 429 g/mol. The molecule has 0 aromatic heterocycles. The van der Waals surface area contributed by atoms with Gasteiger partial charge >= 0.3 is 0 Å². The zero-order valence-electron chi connectivity index (χ0n) is 16.0. The van der Waals surface area contributed by atoms with Crippen LogP contribution >= 0.6 is 11.6 Å². The van der Waals surface area contributed by atoms with E-state index in [1.807, 2.05) is 37.3 Å². The number of nitrogens with zero attached hydrogens (tertiary/aromatic N) is 1. The minimum atomic E-state index is -3.72. The van der Waals surface area contributed by atoms with Gasteiger partial charge < -0.3 is 5.32 Å². The van der Waals surface area contributed by atoms with E-state index < -0.39 is 10.0 Å². The summed E-state index contributed by atoms with van der Waals surface area (Å²) in [6.45, 7) is 1.91. The Labute approximate surface area is 176 Å². The molecular formula is C22H21ClN2O3S. The molecule has 1 amide bonds. The molecular weight excluding hydrogens is 408 g/mol. The quantitative estimate of drug-likeness (QED) is 0.621. The molecule has 0 bridgehead atoms. The van der Waals surface area contributed by atoms with Crippen molar-refractivity contribution < 1.29 is 13.2 Å². The summed E-state index contributed by atoms with van der Waals surface area (Å²) in [6, 6.07) is 21.9. The highest BCUT2D eigenvalue weighted by Gasteiger charge is 2.21. The molecule has 0 heterocycles. The van der Waals surface area contributed by atoms with E-state index in [2.05, 4.69) is 5.32 Å². The minimum Gasteiger partial charge on any atom is -0.346 e. The highest BCUT2D eigenvalue weighted by atomic mass is 35.5. The van der Waals surface area contributed by atoms with E-state index in [0.29, 0.717) is 16.3 Å². The molecule has 0 fully saturated rings. The number of sulfonamides is 1. The first-order chi connectivity index (χ1) is 13.8. The molecule has 150 valence electrons. The highest BCUT2D eigenvalue weighted by molar-refractivity contribution is 7.92. The predicted octanol–water partition coefficient (Wildman–Crippen LogP) is 4.66. The first kappa shape index (κ1) is 20.9. The first-order valence-electron chi connectivity index (χ1n) is 8.99. The molecule has 1 N–H and O–H groups in total. The number of benzene rings is 3. The molecule has 3 aromatic rings. The molecule has 3 rings (SSSR count). The van der Waals surface area contributed by atoms with Gasteiger partial charge in [0.25, 0.3) is 15.9 Å². The van der Waals surface area contributed by atoms with Gasteiger partial charge in [-0.2, -0.15) is 0 Å². The molecule has 0 saturated heterocycles. The van der Waals surface area contributed by atoms with Gasteiger partial charge in [-0.3, -0.25) is 9.10 Å². The number of rotatable bonds is 6. The SMILES string of the molecule is C[C@@H](NC(=O)c1ccc(N(C)S(=O)(=O)c2ccc(Cl)cc2)cc1)c1ccccc1. The van der Waals surface area contributed by atoms with Crippen LogP contribution in [0.25, 0.3) is 0 Å². The lowest BCUT2D eigenvalue weighted by molar-refractivity contribution is 0.0940. The first-order valence-corrected chi connectivity index (χ1v) is 10.8. The van der Waals surface area contributed by atoms with Crippen LogP contribution in [0.1, 0.15) is 28.9 Å². The predicted molar refractivity (Wildman–Crippen MR) is 116 cm³/mol. The van der Waals surface area contributed by atoms with Crippen LogP contribution in [0.15, 0.2) is 83.8 Å². The van der Waals surface area contributed by atoms with E-state index in [4.69, 9.17) is 11.6 Å². The molecule has 0 aliphatic carbocycles. The summed E-state index contributed by atoms with van der Waals surface area (Å²) in [5.74, 6) is -0.226. The molecule has 7 heteroatoms. The molecule has 0 aliphatic heterocycles. The largest absolute Gasteiger partial charge is 0.346 e. The Morgan fingerprint density at radius 1 is 0.931 bits per heavy atom. The van der Waals surface area contributed by atoms with Gasteiger partial charge in [0.1, 0.15) is 0 Å². The Morgan fingerprint density at radius 3 is 2.10 bits per heavy atom. The number of halogens is 1. The molecule has 1 atom stereocenters. The lowest BCUT2D eigenvalue weighted by Crippen LogP contribution is -2.28. The van der Waals surface area contributed by atoms with E-state index >= 15 is 0 Å². The molecule has 3 aromatic carbocycles. The van der Waals surface area contributed by atoms with E-state index in [9.17, 15) is 13.2 Å². The number of hydrogen-bond donors (Lipinski definition) is 1. The third-order valence-electron chi connectivity index (χ3n) is 4.61. The topological polar surface area (TPSA) is 66.5 Å². The van der Waals surface area contributed by atoms with Crippen LogP contribution in [-0.4, -0.2) is 21.4 Å². The van der Waals surface area contributed by atoms with Crippen LogP contribution in [0, 0.1) is 0 Å². The molecule has 0 radical (unpaired) electrons. The van der Waals surface area contributed by atoms with Gasteiger partial charge in [-0.05, 0) is 61.0 Å². The fourth-order valence-corrected chi connectivity index (χ4v) is 4.15. The molecule has 0 unspecified atom stereocenters. The summed E-state index contributed by atoms with van der Waals surface area (Å²) < 4.78 is 26.7. The van der Waals surface area contributed by atoms with Gasteiger partial charge in [-0.15, -0.1) is 0 Å². The van der Waals surface area contributed by atoms with Crippen LogP contribution in [0.5, 0.6) is 0 Å². The number of carbonyl (C=O) groups excluding carboxylic acids is 1. The van der Waals surface area contributed by atoms with E-state index in [1.54, 1.807) is 24.3 Å². The number of amides is 1. The molecule has 29 heavy (non-hydrogen) atoms. The van der Waals surface area contributed by atoms with Crippen molar-refractivity contribution >= 4 is 33.2 Å². The van der Waals surface area contributed by atoms with E-state index in [0.717, 1.165) is 5.56 Å². The minimum absolute atomic E-state index is 0.142. The number of hydrogen-bond acceptors (Lipinski definition) is 3. The number of nitrogens with one attached hydrogen (secondary N) is 1. The number of anilines is 1. The molecule has 0 spiro atoms. The molecule has 0 aliphatic rings. The van der Waals surface area contributed by atoms with Crippen molar-refractivity contribution in [3.05, 3.63) is 95.0 Å². The van der Waals surface area contributed by atoms with Gasteiger partial charge in [-0.25, -0.2) is 8.42 Å². The smallest absolute Gasteiger partial charge is 0.264 e. The Morgan fingerprint density at radius 2 is 1.52 bits per heavy atom. The second-order valence-electron chi connectivity index (χ2n) is 6.58. The van der Waals surface area contributed by atoms with E-state index in [1.165, 1.54) is 35.6 Å². The molecule has 0 saturated carbocycles. The standard InChI is InChI=1S/C22H21ClN2O3S/c1-16(17-6-4-3-5-7-17)24-22(26)18-8-12-20(13-9-18)25(2)29(27,28)21-14-10-19(23)11-15-21/h3-16H,1-2H3,(H,24,26)/t16-/m1/s1. The van der Waals surface area contributed by atoms with E-state index in [-0.39, 0.29) is 16.8 Å². The third kappa shape index (κ3) is 4.78. The lowest BCUT2D eigenvalue weighted by Gasteiger charge is -2.20. The summed E-state index contributed by atoms with van der Waals surface area (Å²) in [4.78, 5) is 12.6. The Kier molecular flexibility index (Phi) is 6.25. The fourth-order valence-electron chi connectivity index (χ4n) is 2.83. The van der Waals surface area contributed by atoms with Gasteiger partial charge in [0.05, 0.1) is 16.6 Å². The average Bonchev–Trinajstić information content (AvgIpc) is 2.74. The zero-order valence-corrected chi connectivity index (χ0v) is 17.6. The van der Waals surface area contributed by atoms with Gasteiger partial charge in [0, 0.05) is 17.6 Å². The Balaban J connectivity index is 1.73. The third-order valence-corrected chi connectivity index (χ3v) is 6.66. The lowest BCUT2D eigenvalue weighted by atomic mass is 10.1. The van der Waals surface area contributed by atoms with Crippen molar-refractivity contribution in [2.75, 3.05) is 11.4 Å². The summed E-state index contributed by atoms with van der Waals surface area (Å²) in [6.07, 6.45) is 0. The van der Waals surface area contributed by atoms with Gasteiger partial charge in [0.2, 0.25) is 0 Å². The van der Waals surface area contributed by atoms with Crippen molar-refractivity contribution in [2.45, 2.75) is 17.9 Å².